The molecule has 0 unspecified atom stereocenters. The Kier molecular flexibility index (Phi) is 5.52. The Balaban J connectivity index is 1.67. The van der Waals surface area contributed by atoms with Gasteiger partial charge in [0.2, 0.25) is 0 Å². The fourth-order valence-electron chi connectivity index (χ4n) is 3.29. The predicted molar refractivity (Wildman–Crippen MR) is 114 cm³/mol. The Labute approximate surface area is 170 Å². The molecule has 0 atom stereocenters. The molecule has 0 fully saturated rings. The van der Waals surface area contributed by atoms with Gasteiger partial charge >= 0.3 is 5.97 Å². The van der Waals surface area contributed by atoms with Crippen molar-refractivity contribution in [3.05, 3.63) is 113 Å². The third kappa shape index (κ3) is 4.27. The molecule has 0 saturated carbocycles. The molecule has 0 amide bonds. The zero-order valence-electron chi connectivity index (χ0n) is 16.3. The molecule has 4 rings (SSSR count). The molecule has 0 aliphatic heterocycles. The van der Waals surface area contributed by atoms with Gasteiger partial charge in [-0.05, 0) is 18.1 Å². The van der Waals surface area contributed by atoms with Gasteiger partial charge in [0.05, 0.1) is 12.2 Å². The Morgan fingerprint density at radius 1 is 0.828 bits per heavy atom. The number of hydrogen-bond donors (Lipinski definition) is 0. The molecule has 4 heteroatoms. The van der Waals surface area contributed by atoms with Gasteiger partial charge < -0.3 is 4.74 Å². The van der Waals surface area contributed by atoms with E-state index in [-0.39, 0.29) is 12.6 Å². The van der Waals surface area contributed by atoms with Crippen LogP contribution in [0.15, 0.2) is 91.0 Å². The molecule has 0 N–H and O–H groups in total. The minimum Gasteiger partial charge on any atom is -0.457 e. The second kappa shape index (κ2) is 8.57. The van der Waals surface area contributed by atoms with Crippen molar-refractivity contribution in [2.75, 3.05) is 0 Å². The van der Waals surface area contributed by atoms with Gasteiger partial charge in [0.15, 0.2) is 0 Å². The van der Waals surface area contributed by atoms with E-state index < -0.39 is 0 Å². The summed E-state index contributed by atoms with van der Waals surface area (Å²) in [5.74, 6) is -0.357. The second-order valence-electron chi connectivity index (χ2n) is 6.88. The van der Waals surface area contributed by atoms with Gasteiger partial charge in [0.1, 0.15) is 17.9 Å². The summed E-state index contributed by atoms with van der Waals surface area (Å²) >= 11 is 0. The highest BCUT2D eigenvalue weighted by atomic mass is 16.5. The van der Waals surface area contributed by atoms with Gasteiger partial charge in [0.25, 0.3) is 0 Å². The number of rotatable bonds is 6. The molecule has 0 radical (unpaired) electrons. The van der Waals surface area contributed by atoms with E-state index in [4.69, 9.17) is 9.84 Å². The first-order chi connectivity index (χ1) is 14.2. The first-order valence-corrected chi connectivity index (χ1v) is 9.60. The normalized spacial score (nSPS) is 10.7. The maximum atomic E-state index is 13.0. The second-order valence-corrected chi connectivity index (χ2v) is 6.88. The van der Waals surface area contributed by atoms with Crippen LogP contribution >= 0.6 is 0 Å². The van der Waals surface area contributed by atoms with Crippen LogP contribution in [-0.2, 0) is 17.9 Å². The highest BCUT2D eigenvalue weighted by molar-refractivity contribution is 5.97. The fourth-order valence-corrected chi connectivity index (χ4v) is 3.29. The lowest BCUT2D eigenvalue weighted by Crippen LogP contribution is -2.09. The van der Waals surface area contributed by atoms with Crippen LogP contribution in [0.3, 0.4) is 0 Å². The van der Waals surface area contributed by atoms with Crippen molar-refractivity contribution in [2.24, 2.45) is 0 Å². The first kappa shape index (κ1) is 18.7. The van der Waals surface area contributed by atoms with E-state index in [1.165, 1.54) is 0 Å². The van der Waals surface area contributed by atoms with Gasteiger partial charge in [-0.25, -0.2) is 4.79 Å². The molecule has 0 saturated heterocycles. The van der Waals surface area contributed by atoms with Crippen LogP contribution in [0, 0.1) is 6.92 Å². The van der Waals surface area contributed by atoms with Crippen LogP contribution < -0.4 is 0 Å². The predicted octanol–water partition coefficient (Wildman–Crippen LogP) is 5.26. The topological polar surface area (TPSA) is 44.1 Å². The zero-order valence-corrected chi connectivity index (χ0v) is 16.3. The van der Waals surface area contributed by atoms with Crippen LogP contribution in [0.1, 0.15) is 27.2 Å². The third-order valence-corrected chi connectivity index (χ3v) is 4.85. The lowest BCUT2D eigenvalue weighted by atomic mass is 10.1. The maximum Gasteiger partial charge on any atom is 0.342 e. The van der Waals surface area contributed by atoms with Crippen LogP contribution in [-0.4, -0.2) is 15.7 Å². The Morgan fingerprint density at radius 3 is 2.00 bits per heavy atom. The Bertz CT molecular complexity index is 1090. The minimum atomic E-state index is -0.357. The molecular formula is C25H22N2O2. The van der Waals surface area contributed by atoms with Crippen molar-refractivity contribution in [2.45, 2.75) is 20.1 Å². The molecule has 144 valence electrons. The summed E-state index contributed by atoms with van der Waals surface area (Å²) < 4.78 is 7.50. The van der Waals surface area contributed by atoms with Crippen molar-refractivity contribution in [1.82, 2.24) is 9.78 Å². The van der Waals surface area contributed by atoms with Crippen LogP contribution in [0.5, 0.6) is 0 Å². The van der Waals surface area contributed by atoms with Crippen LogP contribution in [0.2, 0.25) is 0 Å². The molecule has 4 nitrogen and oxygen atoms in total. The van der Waals surface area contributed by atoms with Crippen molar-refractivity contribution < 1.29 is 9.53 Å². The summed E-state index contributed by atoms with van der Waals surface area (Å²) in [4.78, 5) is 13.0. The lowest BCUT2D eigenvalue weighted by Gasteiger charge is -2.07. The number of esters is 1. The molecular weight excluding hydrogens is 360 g/mol. The lowest BCUT2D eigenvalue weighted by molar-refractivity contribution is 0.0472. The van der Waals surface area contributed by atoms with E-state index in [0.717, 1.165) is 22.4 Å². The van der Waals surface area contributed by atoms with Gasteiger partial charge in [-0.2, -0.15) is 5.10 Å². The van der Waals surface area contributed by atoms with E-state index in [1.54, 1.807) is 0 Å². The number of benzene rings is 3. The van der Waals surface area contributed by atoms with Gasteiger partial charge in [-0.15, -0.1) is 0 Å². The van der Waals surface area contributed by atoms with Crippen molar-refractivity contribution in [1.29, 1.82) is 0 Å². The Hall–Kier alpha value is -3.66. The average molecular weight is 382 g/mol. The highest BCUT2D eigenvalue weighted by Crippen LogP contribution is 2.27. The molecule has 4 aromatic rings. The average Bonchev–Trinajstić information content (AvgIpc) is 3.10. The van der Waals surface area contributed by atoms with Crippen molar-refractivity contribution in [3.8, 4) is 11.3 Å². The van der Waals surface area contributed by atoms with E-state index in [1.807, 2.05) is 90.5 Å². The number of carbonyl (C=O) groups is 1. The highest BCUT2D eigenvalue weighted by Gasteiger charge is 2.23. The van der Waals surface area contributed by atoms with Gasteiger partial charge in [0, 0.05) is 5.56 Å². The summed E-state index contributed by atoms with van der Waals surface area (Å²) in [6.07, 6.45) is 0. The van der Waals surface area contributed by atoms with E-state index in [2.05, 4.69) is 12.1 Å². The molecule has 0 spiro atoms. The van der Waals surface area contributed by atoms with Crippen molar-refractivity contribution >= 4 is 5.97 Å². The molecule has 0 aliphatic rings. The molecule has 1 aromatic heterocycles. The van der Waals surface area contributed by atoms with Gasteiger partial charge in [-0.1, -0.05) is 91.0 Å². The number of hydrogen-bond acceptors (Lipinski definition) is 3. The molecule has 0 aliphatic carbocycles. The standard InChI is InChI=1S/C25H22N2O2/c1-19-23(25(28)29-18-21-13-7-3-8-14-21)24(22-15-9-4-10-16-22)26-27(19)17-20-11-5-2-6-12-20/h2-16H,17-18H2,1H3. The molecule has 1 heterocycles. The van der Waals surface area contributed by atoms with E-state index in [9.17, 15) is 4.79 Å². The summed E-state index contributed by atoms with van der Waals surface area (Å²) in [5.41, 5.74) is 4.94. The van der Waals surface area contributed by atoms with E-state index in [0.29, 0.717) is 17.8 Å². The first-order valence-electron chi connectivity index (χ1n) is 9.60. The Morgan fingerprint density at radius 2 is 1.38 bits per heavy atom. The monoisotopic (exact) mass is 382 g/mol. The maximum absolute atomic E-state index is 13.0. The number of ether oxygens (including phenoxy) is 1. The summed E-state index contributed by atoms with van der Waals surface area (Å²) in [6.45, 7) is 2.75. The van der Waals surface area contributed by atoms with Crippen LogP contribution in [0.25, 0.3) is 11.3 Å². The summed E-state index contributed by atoms with van der Waals surface area (Å²) in [7, 11) is 0. The molecule has 29 heavy (non-hydrogen) atoms. The zero-order chi connectivity index (χ0) is 20.1. The van der Waals surface area contributed by atoms with E-state index >= 15 is 0 Å². The number of nitrogens with zero attached hydrogens (tertiary/aromatic N) is 2. The largest absolute Gasteiger partial charge is 0.457 e. The fraction of sp³-hybridized carbons (Fsp3) is 0.120. The third-order valence-electron chi connectivity index (χ3n) is 4.85. The summed E-state index contributed by atoms with van der Waals surface area (Å²) in [6, 6.07) is 29.5. The quantitative estimate of drug-likeness (QED) is 0.427. The van der Waals surface area contributed by atoms with Crippen LogP contribution in [0.4, 0.5) is 0 Å². The number of carbonyl (C=O) groups excluding carboxylic acids is 1. The smallest absolute Gasteiger partial charge is 0.342 e. The molecule has 0 bridgehead atoms. The SMILES string of the molecule is Cc1c(C(=O)OCc2ccccc2)c(-c2ccccc2)nn1Cc1ccccc1. The minimum absolute atomic E-state index is 0.233. The van der Waals surface area contributed by atoms with Gasteiger partial charge in [-0.3, -0.25) is 4.68 Å². The summed E-state index contributed by atoms with van der Waals surface area (Å²) in [5, 5.41) is 4.77. The molecule has 3 aromatic carbocycles. The number of aromatic nitrogens is 2. The van der Waals surface area contributed by atoms with Crippen molar-refractivity contribution in [3.63, 3.8) is 0 Å².